The normalized spacial score (nSPS) is 24.8. The molecule has 4 rings (SSSR count). The van der Waals surface area contributed by atoms with Crippen molar-refractivity contribution in [3.8, 4) is 11.1 Å². The summed E-state index contributed by atoms with van der Waals surface area (Å²) in [6.07, 6.45) is -1.06. The Balaban J connectivity index is 1.69. The van der Waals surface area contributed by atoms with Gasteiger partial charge in [0.2, 0.25) is 5.91 Å². The fourth-order valence-electron chi connectivity index (χ4n) is 5.79. The fraction of sp³-hybridized carbons (Fsp3) is 0.517. The molecule has 0 aromatic heterocycles. The minimum atomic E-state index is -1.73. The average molecular weight is 544 g/mol. The van der Waals surface area contributed by atoms with Crippen LogP contribution in [0.2, 0.25) is 0 Å². The number of hydrogen-bond donors (Lipinski definition) is 5. The smallest absolute Gasteiger partial charge is 0.404 e. The molecular formula is C29H38FN3O6. The van der Waals surface area contributed by atoms with Crippen molar-refractivity contribution in [3.05, 3.63) is 59.4 Å². The summed E-state index contributed by atoms with van der Waals surface area (Å²) in [7, 11) is 0. The largest absolute Gasteiger partial charge is 0.465 e. The maximum Gasteiger partial charge on any atom is 0.404 e. The van der Waals surface area contributed by atoms with Crippen LogP contribution in [0.15, 0.2) is 42.5 Å². The van der Waals surface area contributed by atoms with Gasteiger partial charge in [0.1, 0.15) is 17.5 Å². The number of nitrogens with two attached hydrogens (primary N) is 1. The first-order chi connectivity index (χ1) is 18.6. The molecule has 2 aromatic rings. The molecule has 2 amide bonds. The average Bonchev–Trinajstić information content (AvgIpc) is 3.28. The zero-order chi connectivity index (χ0) is 28.2. The first kappa shape index (κ1) is 28.9. The first-order valence-corrected chi connectivity index (χ1v) is 13.6. The third kappa shape index (κ3) is 6.41. The summed E-state index contributed by atoms with van der Waals surface area (Å²) < 4.78 is 21.6. The Morgan fingerprint density at radius 3 is 2.69 bits per heavy atom. The Morgan fingerprint density at radius 1 is 1.23 bits per heavy atom. The molecule has 39 heavy (non-hydrogen) atoms. The molecule has 6 N–H and O–H groups in total. The highest BCUT2D eigenvalue weighted by molar-refractivity contribution is 5.79. The van der Waals surface area contributed by atoms with Gasteiger partial charge in [0, 0.05) is 30.6 Å². The van der Waals surface area contributed by atoms with Crippen molar-refractivity contribution in [2.24, 2.45) is 11.7 Å². The van der Waals surface area contributed by atoms with Crippen molar-refractivity contribution in [1.29, 1.82) is 0 Å². The molecule has 212 valence electrons. The highest BCUT2D eigenvalue weighted by Gasteiger charge is 2.46. The van der Waals surface area contributed by atoms with Gasteiger partial charge in [-0.1, -0.05) is 43.3 Å². The van der Waals surface area contributed by atoms with E-state index in [2.05, 4.69) is 5.32 Å². The molecule has 10 heteroatoms. The van der Waals surface area contributed by atoms with E-state index in [-0.39, 0.29) is 50.4 Å². The van der Waals surface area contributed by atoms with E-state index in [4.69, 9.17) is 15.6 Å². The lowest BCUT2D eigenvalue weighted by Gasteiger charge is -2.43. The molecular weight excluding hydrogens is 505 g/mol. The van der Waals surface area contributed by atoms with Crippen LogP contribution in [0.1, 0.15) is 43.7 Å². The van der Waals surface area contributed by atoms with Crippen molar-refractivity contribution in [2.45, 2.75) is 62.9 Å². The lowest BCUT2D eigenvalue weighted by molar-refractivity contribution is -0.167. The van der Waals surface area contributed by atoms with Gasteiger partial charge in [-0.05, 0) is 54.9 Å². The molecule has 1 aliphatic carbocycles. The number of halogens is 1. The first-order valence-electron chi connectivity index (χ1n) is 13.6. The van der Waals surface area contributed by atoms with Gasteiger partial charge in [-0.15, -0.1) is 0 Å². The number of carboxylic acid groups (broad SMARTS) is 1. The number of aryl methyl sites for hydroxylation is 1. The number of ether oxygens (including phenoxy) is 1. The van der Waals surface area contributed by atoms with E-state index in [0.29, 0.717) is 24.1 Å². The number of aliphatic hydroxyl groups excluding tert-OH is 1. The summed E-state index contributed by atoms with van der Waals surface area (Å²) in [4.78, 5) is 26.0. The molecule has 1 saturated heterocycles. The summed E-state index contributed by atoms with van der Waals surface area (Å²) in [6.45, 7) is 2.64. The predicted octanol–water partition coefficient (Wildman–Crippen LogP) is 2.62. The number of aliphatic hydroxyl groups is 2. The van der Waals surface area contributed by atoms with Gasteiger partial charge in [0.25, 0.3) is 0 Å². The van der Waals surface area contributed by atoms with E-state index >= 15 is 4.39 Å². The Hall–Kier alpha value is -3.05. The SMILES string of the molecule is CCc1cccc(-c2c(F)cccc2[C@](O)(CCCNC(=O)O)[C@H]2CN(C(=O)[C@H]3C[C@@H](N)[C@@H](O)C3)CCO2)c1. The Morgan fingerprint density at radius 2 is 2.00 bits per heavy atom. The van der Waals surface area contributed by atoms with E-state index in [9.17, 15) is 19.8 Å². The number of benzene rings is 2. The lowest BCUT2D eigenvalue weighted by Crippen LogP contribution is -2.55. The molecule has 2 fully saturated rings. The zero-order valence-electron chi connectivity index (χ0n) is 22.2. The highest BCUT2D eigenvalue weighted by Crippen LogP contribution is 2.41. The molecule has 2 aromatic carbocycles. The second-order valence-electron chi connectivity index (χ2n) is 10.5. The second-order valence-corrected chi connectivity index (χ2v) is 10.5. The van der Waals surface area contributed by atoms with Gasteiger partial charge in [-0.2, -0.15) is 0 Å². The Bertz CT molecular complexity index is 1170. The molecule has 0 spiro atoms. The van der Waals surface area contributed by atoms with E-state index in [1.807, 2.05) is 25.1 Å². The molecule has 5 atom stereocenters. The Kier molecular flexibility index (Phi) is 9.22. The van der Waals surface area contributed by atoms with Crippen LogP contribution in [0, 0.1) is 11.7 Å². The summed E-state index contributed by atoms with van der Waals surface area (Å²) in [5.74, 6) is -1.07. The van der Waals surface area contributed by atoms with Gasteiger partial charge >= 0.3 is 6.09 Å². The van der Waals surface area contributed by atoms with Crippen molar-refractivity contribution < 1.29 is 34.0 Å². The van der Waals surface area contributed by atoms with Crippen molar-refractivity contribution >= 4 is 12.0 Å². The molecule has 1 heterocycles. The van der Waals surface area contributed by atoms with Crippen LogP contribution < -0.4 is 11.1 Å². The van der Waals surface area contributed by atoms with Crippen LogP contribution in [0.3, 0.4) is 0 Å². The number of carbonyl (C=O) groups is 2. The lowest BCUT2D eigenvalue weighted by atomic mass is 9.78. The number of hydrogen-bond acceptors (Lipinski definition) is 6. The fourth-order valence-corrected chi connectivity index (χ4v) is 5.79. The molecule has 0 bridgehead atoms. The summed E-state index contributed by atoms with van der Waals surface area (Å²) in [5.41, 5.74) is 6.40. The van der Waals surface area contributed by atoms with E-state index in [0.717, 1.165) is 12.0 Å². The summed E-state index contributed by atoms with van der Waals surface area (Å²) in [5, 5.41) is 33.7. The molecule has 9 nitrogen and oxygen atoms in total. The second kappa shape index (κ2) is 12.4. The van der Waals surface area contributed by atoms with Crippen LogP contribution in [0.4, 0.5) is 9.18 Å². The van der Waals surface area contributed by atoms with E-state index < -0.39 is 41.7 Å². The topological polar surface area (TPSA) is 145 Å². The monoisotopic (exact) mass is 543 g/mol. The quantitative estimate of drug-likeness (QED) is 0.306. The number of carbonyl (C=O) groups excluding carboxylic acids is 1. The number of rotatable bonds is 9. The Labute approximate surface area is 227 Å². The number of amides is 2. The van der Waals surface area contributed by atoms with Gasteiger partial charge in [0.05, 0.1) is 19.3 Å². The third-order valence-electron chi connectivity index (χ3n) is 7.95. The zero-order valence-corrected chi connectivity index (χ0v) is 22.2. The van der Waals surface area contributed by atoms with Gasteiger partial charge in [-0.3, -0.25) is 4.79 Å². The van der Waals surface area contributed by atoms with Gasteiger partial charge in [-0.25, -0.2) is 9.18 Å². The highest BCUT2D eigenvalue weighted by atomic mass is 19.1. The van der Waals surface area contributed by atoms with Crippen LogP contribution in [-0.2, 0) is 21.6 Å². The predicted molar refractivity (Wildman–Crippen MR) is 143 cm³/mol. The number of nitrogens with one attached hydrogen (secondary N) is 1. The number of morpholine rings is 1. The summed E-state index contributed by atoms with van der Waals surface area (Å²) >= 11 is 0. The molecule has 1 aliphatic heterocycles. The minimum Gasteiger partial charge on any atom is -0.465 e. The van der Waals surface area contributed by atoms with Crippen LogP contribution in [0.25, 0.3) is 11.1 Å². The van der Waals surface area contributed by atoms with Crippen LogP contribution in [-0.4, -0.2) is 76.7 Å². The van der Waals surface area contributed by atoms with E-state index in [1.54, 1.807) is 17.0 Å². The maximum absolute atomic E-state index is 15.5. The maximum atomic E-state index is 15.5. The number of nitrogens with zero attached hydrogens (tertiary/aromatic N) is 1. The van der Waals surface area contributed by atoms with Gasteiger partial charge < -0.3 is 36.0 Å². The van der Waals surface area contributed by atoms with Crippen LogP contribution >= 0.6 is 0 Å². The van der Waals surface area contributed by atoms with Crippen molar-refractivity contribution in [1.82, 2.24) is 10.2 Å². The van der Waals surface area contributed by atoms with E-state index in [1.165, 1.54) is 12.1 Å². The third-order valence-corrected chi connectivity index (χ3v) is 7.95. The standard InChI is InChI=1S/C29H38FN3O6/c1-2-18-6-3-7-19(14-18)26-21(8-4-9-22(26)30)29(38,10-5-11-32-28(36)37)25-17-33(12-13-39-25)27(35)20-15-23(31)24(34)16-20/h3-4,6-9,14,20,23-25,32,34,38H,2,5,10-13,15-17,31H2,1H3,(H,36,37)/t20-,23+,24-,25+,29+/m0/s1. The summed E-state index contributed by atoms with van der Waals surface area (Å²) in [6, 6.07) is 11.6. The van der Waals surface area contributed by atoms with Crippen LogP contribution in [0.5, 0.6) is 0 Å². The van der Waals surface area contributed by atoms with Crippen molar-refractivity contribution in [3.63, 3.8) is 0 Å². The van der Waals surface area contributed by atoms with Gasteiger partial charge in [0.15, 0.2) is 0 Å². The molecule has 0 unspecified atom stereocenters. The molecule has 1 saturated carbocycles. The molecule has 2 aliphatic rings. The molecule has 0 radical (unpaired) electrons. The van der Waals surface area contributed by atoms with Crippen molar-refractivity contribution in [2.75, 3.05) is 26.2 Å². The minimum absolute atomic E-state index is 0.0640.